The van der Waals surface area contributed by atoms with E-state index in [2.05, 4.69) is 4.98 Å². The van der Waals surface area contributed by atoms with Gasteiger partial charge < -0.3 is 10.5 Å². The molecule has 0 atom stereocenters. The highest BCUT2D eigenvalue weighted by Crippen LogP contribution is 2.29. The Balaban J connectivity index is 1.77. The second-order valence-corrected chi connectivity index (χ2v) is 4.62. The maximum atomic E-state index is 5.98. The van der Waals surface area contributed by atoms with Crippen LogP contribution in [0.1, 0.15) is 5.69 Å². The van der Waals surface area contributed by atoms with Gasteiger partial charge in [0.2, 0.25) is 0 Å². The molecule has 1 aromatic heterocycles. The van der Waals surface area contributed by atoms with E-state index in [4.69, 9.17) is 10.5 Å². The fraction of sp³-hybridized carbons (Fsp3) is 0.118. The Kier molecular flexibility index (Phi) is 3.50. The van der Waals surface area contributed by atoms with Crippen molar-refractivity contribution >= 4 is 16.5 Å². The van der Waals surface area contributed by atoms with Gasteiger partial charge in [-0.3, -0.25) is 4.98 Å². The van der Waals surface area contributed by atoms with Crippen LogP contribution in [-0.4, -0.2) is 11.6 Å². The van der Waals surface area contributed by atoms with Gasteiger partial charge >= 0.3 is 0 Å². The highest BCUT2D eigenvalue weighted by atomic mass is 16.5. The van der Waals surface area contributed by atoms with E-state index in [0.717, 1.165) is 34.3 Å². The maximum Gasteiger partial charge on any atom is 0.127 e. The largest absolute Gasteiger partial charge is 0.493 e. The molecule has 3 nitrogen and oxygen atoms in total. The fourth-order valence-electron chi connectivity index (χ4n) is 2.23. The van der Waals surface area contributed by atoms with Crippen molar-refractivity contribution in [2.75, 3.05) is 12.3 Å². The smallest absolute Gasteiger partial charge is 0.127 e. The molecule has 20 heavy (non-hydrogen) atoms. The summed E-state index contributed by atoms with van der Waals surface area (Å²) in [5, 5.41) is 2.08. The molecule has 0 unspecified atom stereocenters. The second kappa shape index (κ2) is 5.61. The van der Waals surface area contributed by atoms with Crippen LogP contribution >= 0.6 is 0 Å². The van der Waals surface area contributed by atoms with E-state index >= 15 is 0 Å². The summed E-state index contributed by atoms with van der Waals surface area (Å²) < 4.78 is 5.88. The van der Waals surface area contributed by atoms with E-state index in [1.165, 1.54) is 0 Å². The number of aromatic nitrogens is 1. The molecule has 0 bridgehead atoms. The van der Waals surface area contributed by atoms with Crippen molar-refractivity contribution < 1.29 is 4.74 Å². The summed E-state index contributed by atoms with van der Waals surface area (Å²) in [6.07, 6.45) is 2.59. The molecule has 3 rings (SSSR count). The van der Waals surface area contributed by atoms with Crippen molar-refractivity contribution in [3.05, 3.63) is 66.5 Å². The normalized spacial score (nSPS) is 10.6. The summed E-state index contributed by atoms with van der Waals surface area (Å²) >= 11 is 0. The van der Waals surface area contributed by atoms with Gasteiger partial charge in [0.15, 0.2) is 0 Å². The first-order valence-corrected chi connectivity index (χ1v) is 6.64. The summed E-state index contributed by atoms with van der Waals surface area (Å²) in [5.74, 6) is 0.866. The van der Waals surface area contributed by atoms with Gasteiger partial charge in [-0.1, -0.05) is 30.3 Å². The molecule has 2 aromatic carbocycles. The quantitative estimate of drug-likeness (QED) is 0.734. The lowest BCUT2D eigenvalue weighted by atomic mass is 10.1. The molecule has 0 aliphatic heterocycles. The zero-order valence-electron chi connectivity index (χ0n) is 11.1. The van der Waals surface area contributed by atoms with Crippen molar-refractivity contribution in [2.45, 2.75) is 6.42 Å². The Hall–Kier alpha value is -2.55. The van der Waals surface area contributed by atoms with Crippen LogP contribution < -0.4 is 10.5 Å². The number of ether oxygens (including phenoxy) is 1. The van der Waals surface area contributed by atoms with Crippen LogP contribution in [0.3, 0.4) is 0 Å². The van der Waals surface area contributed by atoms with Gasteiger partial charge in [-0.05, 0) is 24.3 Å². The van der Waals surface area contributed by atoms with E-state index in [-0.39, 0.29) is 0 Å². The van der Waals surface area contributed by atoms with Crippen molar-refractivity contribution in [1.29, 1.82) is 0 Å². The first-order valence-electron chi connectivity index (χ1n) is 6.64. The standard InChI is InChI=1S/C17H16N2O/c18-16-8-9-17(15-7-2-1-6-14(15)16)20-12-10-13-5-3-4-11-19-13/h1-9,11H,10,12,18H2. The minimum Gasteiger partial charge on any atom is -0.493 e. The van der Waals surface area contributed by atoms with Crippen LogP contribution in [-0.2, 0) is 6.42 Å². The Morgan fingerprint density at radius 2 is 1.70 bits per heavy atom. The third-order valence-corrected chi connectivity index (χ3v) is 3.26. The minimum absolute atomic E-state index is 0.602. The number of rotatable bonds is 4. The molecule has 0 aliphatic rings. The van der Waals surface area contributed by atoms with Gasteiger partial charge in [-0.2, -0.15) is 0 Å². The molecule has 0 radical (unpaired) electrons. The number of hydrogen-bond donors (Lipinski definition) is 1. The summed E-state index contributed by atoms with van der Waals surface area (Å²) in [6.45, 7) is 0.602. The van der Waals surface area contributed by atoms with Crippen molar-refractivity contribution in [1.82, 2.24) is 4.98 Å². The predicted octanol–water partition coefficient (Wildman–Crippen LogP) is 3.44. The molecule has 100 valence electrons. The third-order valence-electron chi connectivity index (χ3n) is 3.26. The van der Waals surface area contributed by atoms with E-state index < -0.39 is 0 Å². The predicted molar refractivity (Wildman–Crippen MR) is 81.8 cm³/mol. The summed E-state index contributed by atoms with van der Waals surface area (Å²) in [7, 11) is 0. The Bertz CT molecular complexity index is 711. The fourth-order valence-corrected chi connectivity index (χ4v) is 2.23. The molecule has 3 aromatic rings. The van der Waals surface area contributed by atoms with Crippen LogP contribution in [0.5, 0.6) is 5.75 Å². The molecular weight excluding hydrogens is 248 g/mol. The lowest BCUT2D eigenvalue weighted by Crippen LogP contribution is -2.03. The van der Waals surface area contributed by atoms with Gasteiger partial charge in [0.1, 0.15) is 5.75 Å². The van der Waals surface area contributed by atoms with Crippen LogP contribution in [0.2, 0.25) is 0 Å². The minimum atomic E-state index is 0.602. The Labute approximate surface area is 118 Å². The Morgan fingerprint density at radius 3 is 2.50 bits per heavy atom. The molecule has 2 N–H and O–H groups in total. The van der Waals surface area contributed by atoms with Crippen LogP contribution in [0.25, 0.3) is 10.8 Å². The molecular formula is C17H16N2O. The van der Waals surface area contributed by atoms with Gasteiger partial charge in [-0.15, -0.1) is 0 Å². The first-order chi connectivity index (χ1) is 9.84. The molecule has 0 fully saturated rings. The average molecular weight is 264 g/mol. The topological polar surface area (TPSA) is 48.1 Å². The summed E-state index contributed by atoms with van der Waals surface area (Å²) in [5.41, 5.74) is 7.79. The van der Waals surface area contributed by atoms with Crippen LogP contribution in [0.15, 0.2) is 60.8 Å². The highest BCUT2D eigenvalue weighted by Gasteiger charge is 2.04. The van der Waals surface area contributed by atoms with Gasteiger partial charge in [0.25, 0.3) is 0 Å². The van der Waals surface area contributed by atoms with Gasteiger partial charge in [0.05, 0.1) is 6.61 Å². The molecule has 0 amide bonds. The number of nitrogens with two attached hydrogens (primary N) is 1. The van der Waals surface area contributed by atoms with E-state index in [1.54, 1.807) is 6.20 Å². The third kappa shape index (κ3) is 2.57. The summed E-state index contributed by atoms with van der Waals surface area (Å²) in [6, 6.07) is 17.7. The van der Waals surface area contributed by atoms with Crippen LogP contribution in [0, 0.1) is 0 Å². The molecule has 0 aliphatic carbocycles. The number of fused-ring (bicyclic) bond motifs is 1. The maximum absolute atomic E-state index is 5.98. The molecule has 0 spiro atoms. The SMILES string of the molecule is Nc1ccc(OCCc2ccccn2)c2ccccc12. The monoisotopic (exact) mass is 264 g/mol. The van der Waals surface area contributed by atoms with Crippen molar-refractivity contribution in [3.63, 3.8) is 0 Å². The molecule has 1 heterocycles. The van der Waals surface area contributed by atoms with Crippen LogP contribution in [0.4, 0.5) is 5.69 Å². The number of nitrogen functional groups attached to an aromatic ring is 1. The number of benzene rings is 2. The lowest BCUT2D eigenvalue weighted by Gasteiger charge is -2.10. The molecule has 3 heteroatoms. The second-order valence-electron chi connectivity index (χ2n) is 4.62. The lowest BCUT2D eigenvalue weighted by molar-refractivity contribution is 0.324. The average Bonchev–Trinajstić information content (AvgIpc) is 2.51. The number of nitrogens with zero attached hydrogens (tertiary/aromatic N) is 1. The highest BCUT2D eigenvalue weighted by molar-refractivity contribution is 5.96. The number of pyridine rings is 1. The van der Waals surface area contributed by atoms with E-state index in [1.807, 2.05) is 54.6 Å². The molecule has 0 saturated carbocycles. The van der Waals surface area contributed by atoms with Gasteiger partial charge in [0, 0.05) is 34.8 Å². The number of anilines is 1. The van der Waals surface area contributed by atoms with E-state index in [0.29, 0.717) is 6.61 Å². The first kappa shape index (κ1) is 12.5. The van der Waals surface area contributed by atoms with Crippen molar-refractivity contribution in [3.8, 4) is 5.75 Å². The number of hydrogen-bond acceptors (Lipinski definition) is 3. The molecule has 0 saturated heterocycles. The Morgan fingerprint density at radius 1 is 0.900 bits per heavy atom. The van der Waals surface area contributed by atoms with Crippen molar-refractivity contribution in [2.24, 2.45) is 0 Å². The zero-order valence-corrected chi connectivity index (χ0v) is 11.1. The van der Waals surface area contributed by atoms with E-state index in [9.17, 15) is 0 Å². The van der Waals surface area contributed by atoms with Gasteiger partial charge in [-0.25, -0.2) is 0 Å². The zero-order chi connectivity index (χ0) is 13.8. The summed E-state index contributed by atoms with van der Waals surface area (Å²) in [4.78, 5) is 4.29.